The standard InChI is InChI=1S/C16H14N2/c1-2-4-15-13(3-1)14-7-10-18-8-5-12(6-9-18)11-16(14)17-15/h1-5,7-8,11H,6,9-10H2/b12-11?,14-7-. The van der Waals surface area contributed by atoms with Crippen LogP contribution in [0, 0.1) is 0 Å². The van der Waals surface area contributed by atoms with Crippen molar-refractivity contribution in [3.05, 3.63) is 59.8 Å². The number of fused-ring (bicyclic) bond motifs is 3. The maximum atomic E-state index is 4.75. The van der Waals surface area contributed by atoms with Crippen LogP contribution in [0.3, 0.4) is 0 Å². The van der Waals surface area contributed by atoms with Gasteiger partial charge in [-0.25, -0.2) is 4.99 Å². The van der Waals surface area contributed by atoms with Crippen LogP contribution >= 0.6 is 0 Å². The van der Waals surface area contributed by atoms with Crippen molar-refractivity contribution in [3.63, 3.8) is 0 Å². The summed E-state index contributed by atoms with van der Waals surface area (Å²) in [6.07, 6.45) is 10.1. The van der Waals surface area contributed by atoms with Gasteiger partial charge in [0.25, 0.3) is 0 Å². The van der Waals surface area contributed by atoms with Crippen LogP contribution in [0.2, 0.25) is 0 Å². The molecule has 0 saturated carbocycles. The fourth-order valence-electron chi connectivity index (χ4n) is 2.74. The number of hydrogen-bond donors (Lipinski definition) is 0. The van der Waals surface area contributed by atoms with Gasteiger partial charge in [0, 0.05) is 24.2 Å². The van der Waals surface area contributed by atoms with Crippen LogP contribution < -0.4 is 0 Å². The molecule has 0 radical (unpaired) electrons. The first-order valence-corrected chi connectivity index (χ1v) is 6.42. The van der Waals surface area contributed by atoms with Gasteiger partial charge in [-0.1, -0.05) is 24.3 Å². The van der Waals surface area contributed by atoms with Crippen LogP contribution in [-0.4, -0.2) is 23.7 Å². The highest BCUT2D eigenvalue weighted by atomic mass is 15.1. The molecular weight excluding hydrogens is 220 g/mol. The topological polar surface area (TPSA) is 15.6 Å². The number of allylic oxidation sites excluding steroid dienone is 3. The highest BCUT2D eigenvalue weighted by molar-refractivity contribution is 6.34. The zero-order valence-electron chi connectivity index (χ0n) is 10.1. The first kappa shape index (κ1) is 9.89. The van der Waals surface area contributed by atoms with Crippen LogP contribution in [0.4, 0.5) is 5.69 Å². The van der Waals surface area contributed by atoms with Crippen molar-refractivity contribution in [1.29, 1.82) is 0 Å². The molecule has 0 aromatic heterocycles. The second-order valence-corrected chi connectivity index (χ2v) is 4.91. The summed E-state index contributed by atoms with van der Waals surface area (Å²) in [6.45, 7) is 2.08. The fraction of sp³-hybridized carbons (Fsp3) is 0.188. The lowest BCUT2D eigenvalue weighted by Gasteiger charge is -2.22. The van der Waals surface area contributed by atoms with Crippen molar-refractivity contribution in [2.45, 2.75) is 6.42 Å². The molecule has 0 N–H and O–H groups in total. The number of nitrogens with zero attached hydrogens (tertiary/aromatic N) is 2. The Labute approximate surface area is 107 Å². The maximum Gasteiger partial charge on any atom is 0.0716 e. The van der Waals surface area contributed by atoms with E-state index in [2.05, 4.69) is 53.6 Å². The smallest absolute Gasteiger partial charge is 0.0716 e. The lowest BCUT2D eigenvalue weighted by molar-refractivity contribution is 0.410. The third-order valence-corrected chi connectivity index (χ3v) is 3.75. The fourth-order valence-corrected chi connectivity index (χ4v) is 2.74. The number of para-hydroxylation sites is 1. The second kappa shape index (κ2) is 3.70. The average molecular weight is 234 g/mol. The van der Waals surface area contributed by atoms with E-state index in [9.17, 15) is 0 Å². The molecule has 1 aromatic rings. The van der Waals surface area contributed by atoms with Crippen LogP contribution in [0.25, 0.3) is 5.57 Å². The Hall–Kier alpha value is -2.09. The van der Waals surface area contributed by atoms with E-state index in [1.807, 2.05) is 0 Å². The number of aliphatic imine (C=N–C) groups is 1. The molecular formula is C16H14N2. The lowest BCUT2D eigenvalue weighted by Crippen LogP contribution is -2.21. The van der Waals surface area contributed by atoms with Crippen molar-refractivity contribution in [2.75, 3.05) is 13.1 Å². The Balaban J connectivity index is 1.90. The maximum absolute atomic E-state index is 4.75. The van der Waals surface area contributed by atoms with Gasteiger partial charge in [-0.05, 0) is 36.4 Å². The molecule has 4 heterocycles. The molecule has 2 bridgehead atoms. The largest absolute Gasteiger partial charge is 0.373 e. The third kappa shape index (κ3) is 1.46. The minimum Gasteiger partial charge on any atom is -0.373 e. The summed E-state index contributed by atoms with van der Waals surface area (Å²) in [5.74, 6) is 0. The Bertz CT molecular complexity index is 632. The molecule has 0 unspecified atom stereocenters. The van der Waals surface area contributed by atoms with E-state index in [0.717, 1.165) is 30.9 Å². The number of rotatable bonds is 0. The Kier molecular flexibility index (Phi) is 2.04. The summed E-state index contributed by atoms with van der Waals surface area (Å²) in [6, 6.07) is 8.40. The molecule has 4 aliphatic rings. The second-order valence-electron chi connectivity index (χ2n) is 4.91. The van der Waals surface area contributed by atoms with Gasteiger partial charge in [0.1, 0.15) is 0 Å². The van der Waals surface area contributed by atoms with E-state index in [4.69, 9.17) is 4.99 Å². The quantitative estimate of drug-likeness (QED) is 0.672. The highest BCUT2D eigenvalue weighted by Crippen LogP contribution is 2.36. The zero-order chi connectivity index (χ0) is 11.9. The van der Waals surface area contributed by atoms with E-state index in [1.165, 1.54) is 16.7 Å². The predicted molar refractivity (Wildman–Crippen MR) is 74.9 cm³/mol. The summed E-state index contributed by atoms with van der Waals surface area (Å²) < 4.78 is 0. The van der Waals surface area contributed by atoms with Gasteiger partial charge in [-0.3, -0.25) is 0 Å². The van der Waals surface area contributed by atoms with E-state index < -0.39 is 0 Å². The first-order valence-electron chi connectivity index (χ1n) is 6.42. The molecule has 18 heavy (non-hydrogen) atoms. The molecule has 88 valence electrons. The van der Waals surface area contributed by atoms with Gasteiger partial charge < -0.3 is 4.90 Å². The Morgan fingerprint density at radius 2 is 2.11 bits per heavy atom. The summed E-state index contributed by atoms with van der Waals surface area (Å²) in [7, 11) is 0. The molecule has 0 saturated heterocycles. The summed E-state index contributed by atoms with van der Waals surface area (Å²) >= 11 is 0. The van der Waals surface area contributed by atoms with Crippen LogP contribution in [0.5, 0.6) is 0 Å². The Morgan fingerprint density at radius 3 is 3.00 bits per heavy atom. The molecule has 2 nitrogen and oxygen atoms in total. The van der Waals surface area contributed by atoms with E-state index >= 15 is 0 Å². The minimum atomic E-state index is 0.973. The van der Waals surface area contributed by atoms with Crippen LogP contribution in [0.1, 0.15) is 12.0 Å². The van der Waals surface area contributed by atoms with Crippen molar-refractivity contribution in [1.82, 2.24) is 4.90 Å². The summed E-state index contributed by atoms with van der Waals surface area (Å²) in [5.41, 5.74) is 6.17. The Morgan fingerprint density at radius 1 is 1.17 bits per heavy atom. The van der Waals surface area contributed by atoms with E-state index in [-0.39, 0.29) is 0 Å². The normalized spacial score (nSPS) is 23.1. The number of hydrogen-bond acceptors (Lipinski definition) is 2. The van der Waals surface area contributed by atoms with Crippen molar-refractivity contribution in [2.24, 2.45) is 4.99 Å². The van der Waals surface area contributed by atoms with Crippen molar-refractivity contribution >= 4 is 17.0 Å². The SMILES string of the molecule is C1=CN2C/C=C3\C(=Nc4ccccc43)C=C1CC2. The molecule has 4 aliphatic heterocycles. The van der Waals surface area contributed by atoms with Crippen LogP contribution in [0.15, 0.2) is 59.3 Å². The third-order valence-electron chi connectivity index (χ3n) is 3.75. The molecule has 5 rings (SSSR count). The van der Waals surface area contributed by atoms with Crippen molar-refractivity contribution in [3.8, 4) is 0 Å². The predicted octanol–water partition coefficient (Wildman–Crippen LogP) is 3.32. The monoisotopic (exact) mass is 234 g/mol. The van der Waals surface area contributed by atoms with Gasteiger partial charge in [-0.2, -0.15) is 0 Å². The van der Waals surface area contributed by atoms with Crippen molar-refractivity contribution < 1.29 is 0 Å². The molecule has 0 atom stereocenters. The molecule has 0 amide bonds. The molecule has 0 fully saturated rings. The summed E-state index contributed by atoms with van der Waals surface area (Å²) in [4.78, 5) is 7.11. The molecule has 1 aromatic carbocycles. The highest BCUT2D eigenvalue weighted by Gasteiger charge is 2.21. The van der Waals surface area contributed by atoms with Gasteiger partial charge in [0.2, 0.25) is 0 Å². The minimum absolute atomic E-state index is 0.973. The van der Waals surface area contributed by atoms with Gasteiger partial charge >= 0.3 is 0 Å². The van der Waals surface area contributed by atoms with Crippen LogP contribution in [-0.2, 0) is 0 Å². The van der Waals surface area contributed by atoms with Gasteiger partial charge in [-0.15, -0.1) is 0 Å². The molecule has 2 heteroatoms. The number of benzene rings is 1. The van der Waals surface area contributed by atoms with E-state index in [1.54, 1.807) is 0 Å². The summed E-state index contributed by atoms with van der Waals surface area (Å²) in [5, 5.41) is 0. The zero-order valence-corrected chi connectivity index (χ0v) is 10.1. The van der Waals surface area contributed by atoms with Gasteiger partial charge in [0.05, 0.1) is 11.4 Å². The molecule has 0 spiro atoms. The van der Waals surface area contributed by atoms with Gasteiger partial charge in [0.15, 0.2) is 0 Å². The lowest BCUT2D eigenvalue weighted by atomic mass is 10.0. The van der Waals surface area contributed by atoms with E-state index in [0.29, 0.717) is 0 Å². The average Bonchev–Trinajstić information content (AvgIpc) is 2.79. The molecule has 0 aliphatic carbocycles. The first-order chi connectivity index (χ1) is 8.90.